The maximum Gasteiger partial charge on any atom is 0.306 e. The van der Waals surface area contributed by atoms with Crippen LogP contribution in [0.2, 0.25) is 0 Å². The molecule has 13 heavy (non-hydrogen) atoms. The Hall–Kier alpha value is -0.570. The summed E-state index contributed by atoms with van der Waals surface area (Å²) in [4.78, 5) is 11.3. The number of carbonyl (C=O) groups is 1. The van der Waals surface area contributed by atoms with Gasteiger partial charge in [-0.05, 0) is 5.41 Å². The third-order valence-corrected chi connectivity index (χ3v) is 2.41. The molecule has 3 nitrogen and oxygen atoms in total. The van der Waals surface area contributed by atoms with Crippen molar-refractivity contribution in [1.82, 2.24) is 0 Å². The van der Waals surface area contributed by atoms with Gasteiger partial charge < -0.3 is 9.47 Å². The van der Waals surface area contributed by atoms with E-state index in [1.165, 1.54) is 0 Å². The molecule has 1 saturated heterocycles. The summed E-state index contributed by atoms with van der Waals surface area (Å²) >= 11 is 0. The minimum Gasteiger partial charge on any atom is -0.463 e. The highest BCUT2D eigenvalue weighted by molar-refractivity contribution is 5.70. The van der Waals surface area contributed by atoms with Crippen LogP contribution in [0.1, 0.15) is 33.6 Å². The van der Waals surface area contributed by atoms with Gasteiger partial charge in [0.25, 0.3) is 0 Å². The van der Waals surface area contributed by atoms with Gasteiger partial charge in [-0.2, -0.15) is 0 Å². The Morgan fingerprint density at radius 2 is 2.23 bits per heavy atom. The Labute approximate surface area is 79.4 Å². The van der Waals surface area contributed by atoms with Crippen molar-refractivity contribution >= 4 is 5.97 Å². The van der Waals surface area contributed by atoms with E-state index in [9.17, 15) is 4.79 Å². The van der Waals surface area contributed by atoms with Crippen LogP contribution in [-0.2, 0) is 14.3 Å². The summed E-state index contributed by atoms with van der Waals surface area (Å²) in [7, 11) is 0. The van der Waals surface area contributed by atoms with Gasteiger partial charge in [-0.3, -0.25) is 4.79 Å². The average Bonchev–Trinajstić information content (AvgIpc) is 2.83. The lowest BCUT2D eigenvalue weighted by molar-refractivity contribution is -0.146. The van der Waals surface area contributed by atoms with E-state index in [-0.39, 0.29) is 17.5 Å². The van der Waals surface area contributed by atoms with Crippen molar-refractivity contribution in [3.63, 3.8) is 0 Å². The highest BCUT2D eigenvalue weighted by Crippen LogP contribution is 2.24. The zero-order chi connectivity index (χ0) is 9.90. The fourth-order valence-electron chi connectivity index (χ4n) is 0.917. The van der Waals surface area contributed by atoms with Crippen LogP contribution in [0, 0.1) is 5.41 Å². The van der Waals surface area contributed by atoms with E-state index in [4.69, 9.17) is 9.47 Å². The van der Waals surface area contributed by atoms with Gasteiger partial charge >= 0.3 is 5.97 Å². The molecule has 0 aliphatic carbocycles. The minimum atomic E-state index is -0.109. The second-order valence-corrected chi connectivity index (χ2v) is 4.33. The van der Waals surface area contributed by atoms with E-state index >= 15 is 0 Å². The lowest BCUT2D eigenvalue weighted by atomic mass is 9.87. The van der Waals surface area contributed by atoms with Crippen LogP contribution in [0.3, 0.4) is 0 Å². The zero-order valence-corrected chi connectivity index (χ0v) is 8.63. The van der Waals surface area contributed by atoms with E-state index in [1.807, 2.05) is 0 Å². The first-order chi connectivity index (χ1) is 6.03. The van der Waals surface area contributed by atoms with Crippen LogP contribution >= 0.6 is 0 Å². The van der Waals surface area contributed by atoms with Crippen LogP contribution in [-0.4, -0.2) is 25.3 Å². The average molecular weight is 186 g/mol. The van der Waals surface area contributed by atoms with Crippen LogP contribution in [0.5, 0.6) is 0 Å². The molecule has 76 valence electrons. The smallest absolute Gasteiger partial charge is 0.306 e. The van der Waals surface area contributed by atoms with Gasteiger partial charge in [-0.15, -0.1) is 0 Å². The Kier molecular flexibility index (Phi) is 3.31. The monoisotopic (exact) mass is 186 g/mol. The molecule has 1 rings (SSSR count). The van der Waals surface area contributed by atoms with Crippen LogP contribution in [0.25, 0.3) is 0 Å². The SMILES string of the molecule is CCC(C)(C)CC(=O)OCC1CO1. The minimum absolute atomic E-state index is 0.0570. The van der Waals surface area contributed by atoms with Gasteiger partial charge in [-0.25, -0.2) is 0 Å². The summed E-state index contributed by atoms with van der Waals surface area (Å²) in [5.74, 6) is -0.109. The van der Waals surface area contributed by atoms with Crippen LogP contribution < -0.4 is 0 Å². The number of ether oxygens (including phenoxy) is 2. The predicted molar refractivity (Wildman–Crippen MR) is 49.4 cm³/mol. The summed E-state index contributed by atoms with van der Waals surface area (Å²) in [5.41, 5.74) is 0.0570. The topological polar surface area (TPSA) is 38.8 Å². The van der Waals surface area contributed by atoms with Crippen molar-refractivity contribution < 1.29 is 14.3 Å². The number of hydrogen-bond donors (Lipinski definition) is 0. The molecule has 1 aliphatic rings. The molecule has 0 aromatic heterocycles. The van der Waals surface area contributed by atoms with Crippen molar-refractivity contribution in [2.24, 2.45) is 5.41 Å². The summed E-state index contributed by atoms with van der Waals surface area (Å²) in [6.07, 6.45) is 1.66. The Morgan fingerprint density at radius 1 is 1.62 bits per heavy atom. The normalized spacial score (nSPS) is 21.3. The molecule has 0 bridgehead atoms. The second-order valence-electron chi connectivity index (χ2n) is 4.33. The van der Waals surface area contributed by atoms with Crippen molar-refractivity contribution in [3.8, 4) is 0 Å². The van der Waals surface area contributed by atoms with Crippen LogP contribution in [0.15, 0.2) is 0 Å². The van der Waals surface area contributed by atoms with E-state index in [2.05, 4.69) is 20.8 Å². The summed E-state index contributed by atoms with van der Waals surface area (Å²) in [6, 6.07) is 0. The highest BCUT2D eigenvalue weighted by atomic mass is 16.6. The number of rotatable bonds is 5. The third-order valence-electron chi connectivity index (χ3n) is 2.41. The third kappa shape index (κ3) is 4.27. The molecule has 1 atom stereocenters. The van der Waals surface area contributed by atoms with E-state index in [1.54, 1.807) is 0 Å². The first kappa shape index (κ1) is 10.5. The molecule has 0 aromatic rings. The quantitative estimate of drug-likeness (QED) is 0.485. The molecule has 0 amide bonds. The van der Waals surface area contributed by atoms with Crippen molar-refractivity contribution in [1.29, 1.82) is 0 Å². The molecule has 1 fully saturated rings. The van der Waals surface area contributed by atoms with Gasteiger partial charge in [0.05, 0.1) is 13.0 Å². The van der Waals surface area contributed by atoms with Gasteiger partial charge in [0.1, 0.15) is 12.7 Å². The summed E-state index contributed by atoms with van der Waals surface area (Å²) in [6.45, 7) is 7.39. The maximum absolute atomic E-state index is 11.3. The first-order valence-corrected chi connectivity index (χ1v) is 4.81. The lowest BCUT2D eigenvalue weighted by Crippen LogP contribution is -2.19. The van der Waals surface area contributed by atoms with Gasteiger partial charge in [0, 0.05) is 0 Å². The van der Waals surface area contributed by atoms with Crippen molar-refractivity contribution in [2.75, 3.05) is 13.2 Å². The predicted octanol–water partition coefficient (Wildman–Crippen LogP) is 1.75. The number of carbonyl (C=O) groups excluding carboxylic acids is 1. The lowest BCUT2D eigenvalue weighted by Gasteiger charge is -2.20. The Balaban J connectivity index is 2.15. The first-order valence-electron chi connectivity index (χ1n) is 4.81. The van der Waals surface area contributed by atoms with Crippen molar-refractivity contribution in [2.45, 2.75) is 39.7 Å². The Morgan fingerprint density at radius 3 is 2.69 bits per heavy atom. The van der Waals surface area contributed by atoms with Gasteiger partial charge in [0.15, 0.2) is 0 Å². The largest absolute Gasteiger partial charge is 0.463 e. The molecule has 0 radical (unpaired) electrons. The van der Waals surface area contributed by atoms with Crippen molar-refractivity contribution in [3.05, 3.63) is 0 Å². The molecular formula is C10H18O3. The standard InChI is InChI=1S/C10H18O3/c1-4-10(2,3)5-9(11)13-7-8-6-12-8/h8H,4-7H2,1-3H3. The van der Waals surface area contributed by atoms with Gasteiger partial charge in [-0.1, -0.05) is 27.2 Å². The zero-order valence-electron chi connectivity index (χ0n) is 8.63. The maximum atomic E-state index is 11.3. The molecule has 3 heteroatoms. The molecule has 0 spiro atoms. The fourth-order valence-corrected chi connectivity index (χ4v) is 0.917. The second kappa shape index (κ2) is 4.09. The molecule has 1 aliphatic heterocycles. The summed E-state index contributed by atoms with van der Waals surface area (Å²) in [5, 5.41) is 0. The van der Waals surface area contributed by atoms with E-state index in [0.29, 0.717) is 13.0 Å². The molecule has 0 N–H and O–H groups in total. The van der Waals surface area contributed by atoms with Gasteiger partial charge in [0.2, 0.25) is 0 Å². The van der Waals surface area contributed by atoms with Crippen LogP contribution in [0.4, 0.5) is 0 Å². The summed E-state index contributed by atoms with van der Waals surface area (Å²) < 4.78 is 9.98. The number of epoxide rings is 1. The fraction of sp³-hybridized carbons (Fsp3) is 0.900. The van der Waals surface area contributed by atoms with E-state index < -0.39 is 0 Å². The molecule has 0 aromatic carbocycles. The van der Waals surface area contributed by atoms with E-state index in [0.717, 1.165) is 13.0 Å². The molecular weight excluding hydrogens is 168 g/mol. The number of hydrogen-bond acceptors (Lipinski definition) is 3. The molecule has 1 heterocycles. The molecule has 1 unspecified atom stereocenters. The Bertz CT molecular complexity index is 183. The number of esters is 1. The molecule has 0 saturated carbocycles. The highest BCUT2D eigenvalue weighted by Gasteiger charge is 2.26.